The number of para-hydroxylation sites is 3. The summed E-state index contributed by atoms with van der Waals surface area (Å²) in [4.78, 5) is 0. The first-order valence-electron chi connectivity index (χ1n) is 19.8. The number of rotatable bonds is 8. The van der Waals surface area contributed by atoms with Gasteiger partial charge in [-0.3, -0.25) is 5.32 Å². The normalized spacial score (nSPS) is 19.4. The van der Waals surface area contributed by atoms with Crippen LogP contribution in [-0.4, -0.2) is 16.8 Å². The van der Waals surface area contributed by atoms with Crippen LogP contribution in [0.2, 0.25) is 0 Å². The van der Waals surface area contributed by atoms with E-state index in [1.165, 1.54) is 32.9 Å². The smallest absolute Gasteiger partial charge is 0.117 e. The molecule has 4 unspecified atom stereocenters. The van der Waals surface area contributed by atoms with Crippen molar-refractivity contribution in [1.82, 2.24) is 25.8 Å². The van der Waals surface area contributed by atoms with Crippen LogP contribution in [0.25, 0.3) is 44.6 Å². The molecule has 7 aromatic carbocycles. The van der Waals surface area contributed by atoms with Crippen molar-refractivity contribution in [1.29, 1.82) is 0 Å². The van der Waals surface area contributed by atoms with Crippen LogP contribution in [0.4, 0.5) is 5.69 Å². The summed E-state index contributed by atoms with van der Waals surface area (Å²) in [6.07, 6.45) is 2.22. The van der Waals surface area contributed by atoms with Crippen LogP contribution >= 0.6 is 0 Å². The Morgan fingerprint density at radius 3 is 1.61 bits per heavy atom. The summed E-state index contributed by atoms with van der Waals surface area (Å²) < 4.78 is 2.37. The van der Waals surface area contributed by atoms with E-state index in [9.17, 15) is 0 Å². The molecule has 8 aromatic rings. The Morgan fingerprint density at radius 2 is 0.982 bits per heavy atom. The third-order valence-electron chi connectivity index (χ3n) is 11.3. The van der Waals surface area contributed by atoms with Gasteiger partial charge in [-0.15, -0.1) is 0 Å². The molecule has 2 aliphatic heterocycles. The van der Waals surface area contributed by atoms with E-state index in [1.807, 2.05) is 6.07 Å². The van der Waals surface area contributed by atoms with E-state index in [1.54, 1.807) is 0 Å². The summed E-state index contributed by atoms with van der Waals surface area (Å²) in [7, 11) is 0. The van der Waals surface area contributed by atoms with Crippen molar-refractivity contribution in [3.05, 3.63) is 222 Å². The highest BCUT2D eigenvalue weighted by molar-refractivity contribution is 6.09. The lowest BCUT2D eigenvalue weighted by molar-refractivity contribution is 0.442. The fraction of sp³-hybridized carbons (Fsp3) is 0.0980. The SMILES string of the molecule is CC1NC(c2ccc(C3=CC(c4ccccc4)NC(c4ccccc4)N3)cc2)=C(c2ccc(-n3c4ccccc4c4ccccc43)cc2)NC1Nc1ccccc1. The molecule has 57 heavy (non-hydrogen) atoms. The number of aromatic nitrogens is 1. The lowest BCUT2D eigenvalue weighted by Gasteiger charge is -2.37. The molecular weight excluding hydrogens is 697 g/mol. The highest BCUT2D eigenvalue weighted by Crippen LogP contribution is 2.35. The maximum Gasteiger partial charge on any atom is 0.117 e. The summed E-state index contributed by atoms with van der Waals surface area (Å²) >= 11 is 0. The van der Waals surface area contributed by atoms with Gasteiger partial charge in [-0.2, -0.15) is 0 Å². The molecule has 5 N–H and O–H groups in total. The van der Waals surface area contributed by atoms with Crippen molar-refractivity contribution in [3.8, 4) is 5.69 Å². The number of fused-ring (bicyclic) bond motifs is 3. The molecule has 0 fully saturated rings. The molecule has 6 nitrogen and oxygen atoms in total. The Morgan fingerprint density at radius 1 is 0.474 bits per heavy atom. The average molecular weight is 741 g/mol. The molecule has 0 spiro atoms. The van der Waals surface area contributed by atoms with Crippen LogP contribution in [0.5, 0.6) is 0 Å². The molecular formula is C51H44N6. The number of benzene rings is 7. The van der Waals surface area contributed by atoms with E-state index in [0.717, 1.165) is 45.2 Å². The molecule has 0 saturated carbocycles. The molecule has 6 heteroatoms. The zero-order valence-corrected chi connectivity index (χ0v) is 31.7. The molecule has 1 aromatic heterocycles. The molecule has 2 aliphatic rings. The predicted octanol–water partition coefficient (Wildman–Crippen LogP) is 10.6. The van der Waals surface area contributed by atoms with Gasteiger partial charge in [0, 0.05) is 27.8 Å². The first-order chi connectivity index (χ1) is 28.2. The Labute approximate surface area is 333 Å². The molecule has 0 aliphatic carbocycles. The number of hydrogen-bond donors (Lipinski definition) is 5. The van der Waals surface area contributed by atoms with Gasteiger partial charge in [-0.25, -0.2) is 0 Å². The van der Waals surface area contributed by atoms with Crippen molar-refractivity contribution < 1.29 is 0 Å². The first-order valence-corrected chi connectivity index (χ1v) is 19.8. The number of nitrogens with one attached hydrogen (secondary N) is 5. The van der Waals surface area contributed by atoms with Crippen LogP contribution in [-0.2, 0) is 0 Å². The van der Waals surface area contributed by atoms with Gasteiger partial charge in [-0.05, 0) is 77.2 Å². The average Bonchev–Trinajstić information content (AvgIpc) is 3.62. The lowest BCUT2D eigenvalue weighted by atomic mass is 9.96. The van der Waals surface area contributed by atoms with Gasteiger partial charge in [0.1, 0.15) is 12.3 Å². The molecule has 10 rings (SSSR count). The van der Waals surface area contributed by atoms with Gasteiger partial charge in [-0.1, -0.05) is 152 Å². The molecule has 278 valence electrons. The number of anilines is 1. The second kappa shape index (κ2) is 14.9. The molecule has 3 heterocycles. The minimum absolute atomic E-state index is 0.0324. The third-order valence-corrected chi connectivity index (χ3v) is 11.3. The van der Waals surface area contributed by atoms with E-state index < -0.39 is 0 Å². The third kappa shape index (κ3) is 6.70. The second-order valence-electron chi connectivity index (χ2n) is 14.9. The molecule has 0 bridgehead atoms. The maximum absolute atomic E-state index is 3.92. The van der Waals surface area contributed by atoms with Crippen LogP contribution < -0.4 is 26.6 Å². The van der Waals surface area contributed by atoms with Crippen LogP contribution in [0, 0.1) is 0 Å². The molecule has 4 atom stereocenters. The zero-order chi connectivity index (χ0) is 38.1. The topological polar surface area (TPSA) is 65.1 Å². The van der Waals surface area contributed by atoms with Crippen molar-refractivity contribution >= 4 is 44.6 Å². The standard InChI is InChI=1S/C51H44N6/c1-34-50(53-40-19-9-4-10-20-40)56-49(38-29-31-41(32-30-38)57-46-23-13-11-21-42(46)43-22-12-14-24-47(43)57)48(52-34)37-27-25-36(26-28-37)45-33-44(35-15-5-2-6-16-35)54-51(55-45)39-17-7-3-8-18-39/h2-34,44,50-56H,1H3. The number of nitrogens with zero attached hydrogens (tertiary/aromatic N) is 1. The largest absolute Gasteiger partial charge is 0.376 e. The lowest BCUT2D eigenvalue weighted by Crippen LogP contribution is -2.54. The quantitative estimate of drug-likeness (QED) is 0.107. The van der Waals surface area contributed by atoms with Gasteiger partial charge in [0.2, 0.25) is 0 Å². The summed E-state index contributed by atoms with van der Waals surface area (Å²) in [6.45, 7) is 2.22. The zero-order valence-electron chi connectivity index (χ0n) is 31.7. The summed E-state index contributed by atoms with van der Waals surface area (Å²) in [5.41, 5.74) is 13.6. The van der Waals surface area contributed by atoms with Gasteiger partial charge in [0.15, 0.2) is 0 Å². The summed E-state index contributed by atoms with van der Waals surface area (Å²) in [6, 6.07) is 67.0. The van der Waals surface area contributed by atoms with Crippen LogP contribution in [0.1, 0.15) is 46.9 Å². The van der Waals surface area contributed by atoms with E-state index in [-0.39, 0.29) is 24.4 Å². The van der Waals surface area contributed by atoms with Gasteiger partial charge in [0.25, 0.3) is 0 Å². The van der Waals surface area contributed by atoms with Crippen LogP contribution in [0.15, 0.2) is 194 Å². The molecule has 0 radical (unpaired) electrons. The summed E-state index contributed by atoms with van der Waals surface area (Å²) in [5, 5.41) is 21.7. The minimum Gasteiger partial charge on any atom is -0.376 e. The van der Waals surface area contributed by atoms with Gasteiger partial charge in [0.05, 0.1) is 34.5 Å². The van der Waals surface area contributed by atoms with E-state index in [0.29, 0.717) is 0 Å². The highest BCUT2D eigenvalue weighted by Gasteiger charge is 2.29. The van der Waals surface area contributed by atoms with Crippen LogP contribution in [0.3, 0.4) is 0 Å². The first kappa shape index (κ1) is 34.5. The van der Waals surface area contributed by atoms with Crippen molar-refractivity contribution in [2.75, 3.05) is 5.32 Å². The fourth-order valence-electron chi connectivity index (χ4n) is 8.36. The predicted molar refractivity (Wildman–Crippen MR) is 236 cm³/mol. The van der Waals surface area contributed by atoms with E-state index in [4.69, 9.17) is 0 Å². The Kier molecular flexibility index (Phi) is 9.01. The molecule has 0 amide bonds. The van der Waals surface area contributed by atoms with Gasteiger partial charge < -0.3 is 25.8 Å². The monoisotopic (exact) mass is 740 g/mol. The van der Waals surface area contributed by atoms with Crippen molar-refractivity contribution in [3.63, 3.8) is 0 Å². The highest BCUT2D eigenvalue weighted by atomic mass is 15.2. The Balaban J connectivity index is 1.02. The van der Waals surface area contributed by atoms with E-state index in [2.05, 4.69) is 226 Å². The van der Waals surface area contributed by atoms with Crippen molar-refractivity contribution in [2.24, 2.45) is 0 Å². The van der Waals surface area contributed by atoms with E-state index >= 15 is 0 Å². The maximum atomic E-state index is 3.92. The number of hydrogen-bond acceptors (Lipinski definition) is 5. The second-order valence-corrected chi connectivity index (χ2v) is 14.9. The Hall–Kier alpha value is -7.02. The Bertz CT molecular complexity index is 2660. The minimum atomic E-state index is -0.0450. The fourth-order valence-corrected chi connectivity index (χ4v) is 8.36. The molecule has 0 saturated heterocycles. The summed E-state index contributed by atoms with van der Waals surface area (Å²) in [5.74, 6) is 0. The van der Waals surface area contributed by atoms with Gasteiger partial charge >= 0.3 is 0 Å². The van der Waals surface area contributed by atoms with Crippen molar-refractivity contribution in [2.45, 2.75) is 31.3 Å².